The van der Waals surface area contributed by atoms with E-state index >= 15 is 0 Å². The quantitative estimate of drug-likeness (QED) is 0.657. The maximum absolute atomic E-state index is 12.5. The van der Waals surface area contributed by atoms with Gasteiger partial charge in [0.2, 0.25) is 5.91 Å². The Bertz CT molecular complexity index is 858. The first-order chi connectivity index (χ1) is 15.0. The summed E-state index contributed by atoms with van der Waals surface area (Å²) in [5, 5.41) is 5.49. The zero-order chi connectivity index (χ0) is 21.4. The van der Waals surface area contributed by atoms with Gasteiger partial charge in [0.15, 0.2) is 6.61 Å². The van der Waals surface area contributed by atoms with Crippen molar-refractivity contribution in [1.82, 2.24) is 5.32 Å². The molecule has 0 atom stereocenters. The molecule has 166 valence electrons. The lowest BCUT2D eigenvalue weighted by molar-refractivity contribution is -0.147. The topological polar surface area (TPSA) is 84.5 Å². The summed E-state index contributed by atoms with van der Waals surface area (Å²) < 4.78 is 5.05. The summed E-state index contributed by atoms with van der Waals surface area (Å²) in [6.07, 6.45) is 11.3. The lowest BCUT2D eigenvalue weighted by Gasteiger charge is -2.56. The van der Waals surface area contributed by atoms with Crippen LogP contribution in [0.1, 0.15) is 62.5 Å². The molecule has 0 unspecified atom stereocenters. The number of ether oxygens (including phenoxy) is 1. The number of rotatable bonds is 7. The molecule has 4 fully saturated rings. The number of fused-ring (bicyclic) bond motifs is 1. The molecule has 5 aliphatic carbocycles. The first-order valence-electron chi connectivity index (χ1n) is 11.8. The van der Waals surface area contributed by atoms with E-state index < -0.39 is 5.97 Å². The number of nitrogens with one attached hydrogen (secondary N) is 2. The zero-order valence-corrected chi connectivity index (χ0v) is 18.1. The summed E-state index contributed by atoms with van der Waals surface area (Å²) in [5.41, 5.74) is 3.49. The van der Waals surface area contributed by atoms with Gasteiger partial charge in [-0.05, 0) is 104 Å². The van der Waals surface area contributed by atoms with Crippen LogP contribution in [0, 0.1) is 23.2 Å². The number of hydrogen-bond donors (Lipinski definition) is 2. The molecule has 1 aromatic carbocycles. The fourth-order valence-electron chi connectivity index (χ4n) is 7.12. The third-order valence-corrected chi connectivity index (χ3v) is 7.88. The van der Waals surface area contributed by atoms with Crippen LogP contribution in [0.25, 0.3) is 0 Å². The minimum atomic E-state index is -0.581. The summed E-state index contributed by atoms with van der Waals surface area (Å²) in [4.78, 5) is 36.6. The maximum Gasteiger partial charge on any atom is 0.325 e. The van der Waals surface area contributed by atoms with Gasteiger partial charge in [-0.2, -0.15) is 0 Å². The molecule has 0 heterocycles. The van der Waals surface area contributed by atoms with Crippen LogP contribution in [0.15, 0.2) is 18.2 Å². The number of benzene rings is 1. The smallest absolute Gasteiger partial charge is 0.325 e. The van der Waals surface area contributed by atoms with E-state index in [4.69, 9.17) is 4.74 Å². The van der Waals surface area contributed by atoms with Crippen molar-refractivity contribution in [3.8, 4) is 0 Å². The highest BCUT2D eigenvalue weighted by Crippen LogP contribution is 2.61. The van der Waals surface area contributed by atoms with Crippen molar-refractivity contribution in [3.05, 3.63) is 29.3 Å². The Balaban J connectivity index is 1.03. The molecule has 1 aromatic rings. The number of amides is 2. The van der Waals surface area contributed by atoms with Gasteiger partial charge in [0.05, 0.1) is 0 Å². The maximum atomic E-state index is 12.5. The molecule has 0 radical (unpaired) electrons. The van der Waals surface area contributed by atoms with Gasteiger partial charge in [0, 0.05) is 12.1 Å². The predicted octanol–water partition coefficient (Wildman–Crippen LogP) is 3.38. The Morgan fingerprint density at radius 2 is 1.61 bits per heavy atom. The molecular formula is C25H32N2O4. The summed E-state index contributed by atoms with van der Waals surface area (Å²) in [6, 6.07) is 5.92. The van der Waals surface area contributed by atoms with Crippen LogP contribution >= 0.6 is 0 Å². The molecule has 0 saturated heterocycles. The van der Waals surface area contributed by atoms with Crippen LogP contribution in [0.3, 0.4) is 0 Å². The van der Waals surface area contributed by atoms with Gasteiger partial charge in [-0.1, -0.05) is 6.07 Å². The van der Waals surface area contributed by atoms with Crippen molar-refractivity contribution >= 4 is 23.5 Å². The van der Waals surface area contributed by atoms with Crippen molar-refractivity contribution in [2.75, 3.05) is 18.5 Å². The fourth-order valence-corrected chi connectivity index (χ4v) is 7.12. The number of esters is 1. The molecule has 6 heteroatoms. The van der Waals surface area contributed by atoms with Gasteiger partial charge < -0.3 is 15.4 Å². The first kappa shape index (κ1) is 20.5. The standard InChI is InChI=1S/C25H32N2O4/c28-22(13-25-10-16-6-17(11-25)8-18(7-16)12-25)26-14-24(30)31-15-23(29)27-21-5-4-19-2-1-3-20(19)9-21/h4-5,9,16-18H,1-3,6-8,10-15H2,(H,26,28)(H,27,29). The highest BCUT2D eigenvalue weighted by molar-refractivity contribution is 5.93. The lowest BCUT2D eigenvalue weighted by atomic mass is 9.49. The molecule has 6 nitrogen and oxygen atoms in total. The summed E-state index contributed by atoms with van der Waals surface area (Å²) in [5.74, 6) is 1.38. The van der Waals surface area contributed by atoms with Gasteiger partial charge in [-0.3, -0.25) is 14.4 Å². The molecule has 4 bridgehead atoms. The van der Waals surface area contributed by atoms with E-state index in [9.17, 15) is 14.4 Å². The van der Waals surface area contributed by atoms with Gasteiger partial charge in [-0.15, -0.1) is 0 Å². The number of hydrogen-bond acceptors (Lipinski definition) is 4. The SMILES string of the molecule is O=C(CC12CC3CC(CC(C3)C1)C2)NCC(=O)OCC(=O)Nc1ccc2c(c1)CCC2. The molecule has 5 aliphatic rings. The van der Waals surface area contributed by atoms with Crippen molar-refractivity contribution in [1.29, 1.82) is 0 Å². The van der Waals surface area contributed by atoms with Crippen LogP contribution in [-0.2, 0) is 32.0 Å². The number of aryl methyl sites for hydroxylation is 2. The largest absolute Gasteiger partial charge is 0.454 e. The second-order valence-corrected chi connectivity index (χ2v) is 10.4. The third kappa shape index (κ3) is 4.63. The molecule has 2 N–H and O–H groups in total. The van der Waals surface area contributed by atoms with Crippen LogP contribution in [0.5, 0.6) is 0 Å². The normalized spacial score (nSPS) is 30.0. The Labute approximate surface area is 183 Å². The molecule has 4 saturated carbocycles. The van der Waals surface area contributed by atoms with E-state index in [-0.39, 0.29) is 30.4 Å². The van der Waals surface area contributed by atoms with E-state index in [0.29, 0.717) is 6.42 Å². The third-order valence-electron chi connectivity index (χ3n) is 7.88. The molecule has 0 aliphatic heterocycles. The van der Waals surface area contributed by atoms with Crippen molar-refractivity contribution in [3.63, 3.8) is 0 Å². The summed E-state index contributed by atoms with van der Waals surface area (Å²) in [7, 11) is 0. The molecule has 6 rings (SSSR count). The van der Waals surface area contributed by atoms with Gasteiger partial charge in [-0.25, -0.2) is 0 Å². The average molecular weight is 425 g/mol. The predicted molar refractivity (Wildman–Crippen MR) is 116 cm³/mol. The minimum Gasteiger partial charge on any atom is -0.454 e. The van der Waals surface area contributed by atoms with Crippen LogP contribution in [0.4, 0.5) is 5.69 Å². The Morgan fingerprint density at radius 3 is 2.32 bits per heavy atom. The van der Waals surface area contributed by atoms with Crippen molar-refractivity contribution in [2.45, 2.75) is 64.2 Å². The minimum absolute atomic E-state index is 0.0681. The molecule has 2 amide bonds. The number of carbonyl (C=O) groups excluding carboxylic acids is 3. The van der Waals surface area contributed by atoms with Crippen molar-refractivity contribution < 1.29 is 19.1 Å². The molecule has 0 aromatic heterocycles. The Hall–Kier alpha value is -2.37. The highest BCUT2D eigenvalue weighted by Gasteiger charge is 2.51. The van der Waals surface area contributed by atoms with Gasteiger partial charge in [0.25, 0.3) is 5.91 Å². The first-order valence-corrected chi connectivity index (χ1v) is 11.8. The highest BCUT2D eigenvalue weighted by atomic mass is 16.5. The van der Waals surface area contributed by atoms with Gasteiger partial charge >= 0.3 is 5.97 Å². The van der Waals surface area contributed by atoms with Crippen LogP contribution in [0.2, 0.25) is 0 Å². The van der Waals surface area contributed by atoms with Crippen LogP contribution < -0.4 is 10.6 Å². The summed E-state index contributed by atoms with van der Waals surface area (Å²) in [6.45, 7) is -0.530. The lowest BCUT2D eigenvalue weighted by Crippen LogP contribution is -2.48. The number of anilines is 1. The van der Waals surface area contributed by atoms with E-state index in [2.05, 4.69) is 10.6 Å². The second-order valence-electron chi connectivity index (χ2n) is 10.4. The monoisotopic (exact) mass is 424 g/mol. The molecule has 31 heavy (non-hydrogen) atoms. The van der Waals surface area contributed by atoms with Crippen molar-refractivity contribution in [2.24, 2.45) is 23.2 Å². The van der Waals surface area contributed by atoms with Crippen LogP contribution in [-0.4, -0.2) is 30.9 Å². The van der Waals surface area contributed by atoms with E-state index in [1.54, 1.807) is 0 Å². The average Bonchev–Trinajstić information content (AvgIpc) is 3.17. The van der Waals surface area contributed by atoms with E-state index in [1.165, 1.54) is 49.7 Å². The second kappa shape index (κ2) is 8.29. The number of carbonyl (C=O) groups is 3. The van der Waals surface area contributed by atoms with E-state index in [1.807, 2.05) is 18.2 Å². The molecular weight excluding hydrogens is 392 g/mol. The fraction of sp³-hybridized carbons (Fsp3) is 0.640. The van der Waals surface area contributed by atoms with Gasteiger partial charge in [0.1, 0.15) is 6.54 Å². The summed E-state index contributed by atoms with van der Waals surface area (Å²) >= 11 is 0. The Morgan fingerprint density at radius 1 is 0.935 bits per heavy atom. The zero-order valence-electron chi connectivity index (χ0n) is 18.1. The Kier molecular flexibility index (Phi) is 5.49. The molecule has 0 spiro atoms. The van der Waals surface area contributed by atoms with E-state index in [0.717, 1.165) is 42.7 Å².